The summed E-state index contributed by atoms with van der Waals surface area (Å²) < 4.78 is 8.01. The van der Waals surface area contributed by atoms with Crippen molar-refractivity contribution in [3.05, 3.63) is 61.1 Å². The predicted octanol–water partition coefficient (Wildman–Crippen LogP) is 5.00. The van der Waals surface area contributed by atoms with Crippen molar-refractivity contribution in [1.82, 2.24) is 24.7 Å². The van der Waals surface area contributed by atoms with Crippen LogP contribution in [0.2, 0.25) is 0 Å². The van der Waals surface area contributed by atoms with E-state index in [0.29, 0.717) is 6.54 Å². The van der Waals surface area contributed by atoms with E-state index in [-0.39, 0.29) is 18.3 Å². The largest absolute Gasteiger partial charge is 0.469 e. The second-order valence-corrected chi connectivity index (χ2v) is 9.11. The Balaban J connectivity index is 1.55. The van der Waals surface area contributed by atoms with Crippen molar-refractivity contribution in [3.63, 3.8) is 0 Å². The minimum absolute atomic E-state index is 0.202. The number of anilines is 1. The normalized spacial score (nSPS) is 11.6. The molecular weight excluding hydrogens is 448 g/mol. The van der Waals surface area contributed by atoms with Gasteiger partial charge in [-0.1, -0.05) is 18.2 Å². The number of carbonyl (C=O) groups excluding carboxylic acids is 1. The molecule has 168 valence electrons. The molecule has 0 fully saturated rings. The summed E-state index contributed by atoms with van der Waals surface area (Å²) in [5.41, 5.74) is 11.5. The number of nitrogens with one attached hydrogen (secondary N) is 1. The third kappa shape index (κ3) is 3.37. The van der Waals surface area contributed by atoms with Gasteiger partial charge in [0.05, 0.1) is 37.0 Å². The molecule has 0 aliphatic carbocycles. The zero-order valence-electron chi connectivity index (χ0n) is 18.3. The lowest BCUT2D eigenvalue weighted by molar-refractivity contribution is -0.140. The van der Waals surface area contributed by atoms with E-state index in [0.717, 1.165) is 43.5 Å². The first kappa shape index (κ1) is 20.4. The van der Waals surface area contributed by atoms with Crippen molar-refractivity contribution in [2.75, 3.05) is 12.8 Å². The van der Waals surface area contributed by atoms with Gasteiger partial charge >= 0.3 is 5.97 Å². The van der Waals surface area contributed by atoms with E-state index in [1.165, 1.54) is 17.2 Å². The molecule has 2 aromatic carbocycles. The second kappa shape index (κ2) is 7.96. The third-order valence-electron chi connectivity index (χ3n) is 5.97. The Morgan fingerprint density at radius 2 is 2.03 bits per heavy atom. The lowest BCUT2D eigenvalue weighted by atomic mass is 10.0. The first-order chi connectivity index (χ1) is 16.6. The highest BCUT2D eigenvalue weighted by atomic mass is 32.1. The maximum atomic E-state index is 11.7. The molecule has 0 atom stereocenters. The molecule has 4 aromatic heterocycles. The molecule has 34 heavy (non-hydrogen) atoms. The van der Waals surface area contributed by atoms with E-state index in [4.69, 9.17) is 10.5 Å². The Morgan fingerprint density at radius 1 is 1.15 bits per heavy atom. The summed E-state index contributed by atoms with van der Waals surface area (Å²) in [4.78, 5) is 21.6. The fourth-order valence-electron chi connectivity index (χ4n) is 4.32. The number of esters is 1. The van der Waals surface area contributed by atoms with E-state index >= 15 is 0 Å². The predicted molar refractivity (Wildman–Crippen MR) is 134 cm³/mol. The average molecular weight is 469 g/mol. The molecule has 0 aliphatic heterocycles. The summed E-state index contributed by atoms with van der Waals surface area (Å²) in [7, 11) is 1.39. The molecule has 8 nitrogen and oxygen atoms in total. The number of hydrogen-bond acceptors (Lipinski definition) is 7. The van der Waals surface area contributed by atoms with Gasteiger partial charge in [0.15, 0.2) is 0 Å². The smallest absolute Gasteiger partial charge is 0.307 e. The van der Waals surface area contributed by atoms with E-state index in [9.17, 15) is 4.79 Å². The average Bonchev–Trinajstić information content (AvgIpc) is 3.58. The number of H-pyrrole nitrogens is 1. The number of fused-ring (bicyclic) bond motifs is 3. The number of aromatic nitrogens is 5. The highest BCUT2D eigenvalue weighted by molar-refractivity contribution is 7.22. The van der Waals surface area contributed by atoms with Gasteiger partial charge in [-0.05, 0) is 35.2 Å². The molecule has 4 heterocycles. The van der Waals surface area contributed by atoms with Gasteiger partial charge in [0.2, 0.25) is 5.95 Å². The van der Waals surface area contributed by atoms with Crippen LogP contribution in [0.4, 0.5) is 5.95 Å². The van der Waals surface area contributed by atoms with Crippen molar-refractivity contribution < 1.29 is 9.53 Å². The molecule has 3 N–H and O–H groups in total. The zero-order valence-corrected chi connectivity index (χ0v) is 19.1. The van der Waals surface area contributed by atoms with E-state index in [1.54, 1.807) is 17.5 Å². The van der Waals surface area contributed by atoms with Crippen LogP contribution in [0.5, 0.6) is 0 Å². The van der Waals surface area contributed by atoms with Crippen LogP contribution in [-0.4, -0.2) is 37.8 Å². The molecule has 6 rings (SSSR count). The van der Waals surface area contributed by atoms with Gasteiger partial charge in [-0.2, -0.15) is 5.10 Å². The van der Waals surface area contributed by atoms with Crippen molar-refractivity contribution in [3.8, 4) is 21.6 Å². The fourth-order valence-corrected chi connectivity index (χ4v) is 5.40. The molecule has 0 spiro atoms. The highest BCUT2D eigenvalue weighted by Crippen LogP contribution is 2.40. The van der Waals surface area contributed by atoms with Crippen LogP contribution in [0.25, 0.3) is 53.6 Å². The summed E-state index contributed by atoms with van der Waals surface area (Å²) in [6, 6.07) is 14.8. The lowest BCUT2D eigenvalue weighted by Gasteiger charge is -2.06. The maximum Gasteiger partial charge on any atom is 0.307 e. The Hall–Kier alpha value is -4.24. The van der Waals surface area contributed by atoms with Crippen molar-refractivity contribution in [2.45, 2.75) is 13.0 Å². The third-order valence-corrected chi connectivity index (χ3v) is 7.12. The number of thiophene rings is 1. The highest BCUT2D eigenvalue weighted by Gasteiger charge is 2.18. The van der Waals surface area contributed by atoms with Gasteiger partial charge in [0, 0.05) is 38.8 Å². The first-order valence-electron chi connectivity index (χ1n) is 10.8. The van der Waals surface area contributed by atoms with E-state index in [1.807, 2.05) is 23.0 Å². The van der Waals surface area contributed by atoms with Crippen molar-refractivity contribution in [1.29, 1.82) is 0 Å². The number of aromatic amines is 1. The van der Waals surface area contributed by atoms with Crippen molar-refractivity contribution in [2.24, 2.45) is 0 Å². The number of aryl methyl sites for hydroxylation is 1. The Bertz CT molecular complexity index is 1660. The van der Waals surface area contributed by atoms with Gasteiger partial charge < -0.3 is 15.0 Å². The number of ether oxygens (including phenoxy) is 1. The van der Waals surface area contributed by atoms with Crippen LogP contribution in [0.3, 0.4) is 0 Å². The number of nitrogen functional groups attached to an aromatic ring is 1. The Labute approximate surface area is 198 Å². The number of nitrogens with zero attached hydrogens (tertiary/aromatic N) is 4. The van der Waals surface area contributed by atoms with E-state index < -0.39 is 0 Å². The Morgan fingerprint density at radius 3 is 2.88 bits per heavy atom. The molecule has 0 saturated carbocycles. The number of methoxy groups -OCH3 is 1. The summed E-state index contributed by atoms with van der Waals surface area (Å²) in [6.45, 7) is 0.452. The van der Waals surface area contributed by atoms with Crippen LogP contribution >= 0.6 is 11.3 Å². The van der Waals surface area contributed by atoms with E-state index in [2.05, 4.69) is 56.6 Å². The molecule has 0 amide bonds. The molecule has 0 radical (unpaired) electrons. The molecule has 0 bridgehead atoms. The van der Waals surface area contributed by atoms with Crippen molar-refractivity contribution >= 4 is 55.3 Å². The number of nitrogens with two attached hydrogens (primary N) is 1. The van der Waals surface area contributed by atoms with Gasteiger partial charge in [-0.25, -0.2) is 9.97 Å². The van der Waals surface area contributed by atoms with Gasteiger partial charge in [-0.15, -0.1) is 11.3 Å². The number of carbonyl (C=O) groups is 1. The van der Waals surface area contributed by atoms with Crippen LogP contribution in [0.1, 0.15) is 6.42 Å². The van der Waals surface area contributed by atoms with Crippen LogP contribution < -0.4 is 5.73 Å². The standard InChI is InChI=1S/C25H20N6O2S/c1-33-22(32)6-7-31-13-18(24-19(31)12-27-25(26)29-24)15-8-16-11-28-30-23(16)17(9-15)21-10-14-4-2-3-5-20(14)34-21/h2-5,8-13H,6-7H2,1H3,(H,28,30)(H2,26,27,29). The SMILES string of the molecule is COC(=O)CCn1cc(-c2cc(-c3cc4ccccc4s3)c3[nH]ncc3c2)c2nc(N)ncc21. The van der Waals surface area contributed by atoms with Crippen LogP contribution in [-0.2, 0) is 16.1 Å². The molecule has 0 aliphatic rings. The summed E-state index contributed by atoms with van der Waals surface area (Å²) >= 11 is 1.75. The number of rotatable bonds is 5. The zero-order chi connectivity index (χ0) is 23.2. The minimum Gasteiger partial charge on any atom is -0.469 e. The monoisotopic (exact) mass is 468 g/mol. The maximum absolute atomic E-state index is 11.7. The summed E-state index contributed by atoms with van der Waals surface area (Å²) in [6.07, 6.45) is 5.77. The Kier molecular flexibility index (Phi) is 4.77. The lowest BCUT2D eigenvalue weighted by Crippen LogP contribution is -2.06. The molecular formula is C25H20N6O2S. The molecule has 0 saturated heterocycles. The quantitative estimate of drug-likeness (QED) is 0.344. The minimum atomic E-state index is -0.272. The summed E-state index contributed by atoms with van der Waals surface area (Å²) in [5.74, 6) is -0.0692. The first-order valence-corrected chi connectivity index (χ1v) is 11.6. The van der Waals surface area contributed by atoms with Gasteiger partial charge in [0.1, 0.15) is 5.52 Å². The van der Waals surface area contributed by atoms with Crippen LogP contribution in [0.15, 0.2) is 61.1 Å². The van der Waals surface area contributed by atoms with Gasteiger partial charge in [0.25, 0.3) is 0 Å². The molecule has 9 heteroatoms. The topological polar surface area (TPSA) is 112 Å². The number of hydrogen-bond donors (Lipinski definition) is 2. The van der Waals surface area contributed by atoms with Crippen LogP contribution in [0, 0.1) is 0 Å². The van der Waals surface area contributed by atoms with Gasteiger partial charge in [-0.3, -0.25) is 9.89 Å². The molecule has 6 aromatic rings. The fraction of sp³-hybridized carbons (Fsp3) is 0.120. The summed E-state index contributed by atoms with van der Waals surface area (Å²) in [5, 5.41) is 9.66. The number of benzene rings is 2. The second-order valence-electron chi connectivity index (χ2n) is 8.03. The molecule has 0 unspecified atom stereocenters.